The predicted molar refractivity (Wildman–Crippen MR) is 78.8 cm³/mol. The number of carboxylic acids is 1. The van der Waals surface area contributed by atoms with E-state index in [1.807, 2.05) is 49.1 Å². The van der Waals surface area contributed by atoms with Crippen molar-refractivity contribution in [2.75, 3.05) is 11.4 Å². The van der Waals surface area contributed by atoms with Crippen molar-refractivity contribution in [2.45, 2.75) is 39.3 Å². The van der Waals surface area contributed by atoms with Crippen molar-refractivity contribution in [2.24, 2.45) is 0 Å². The number of amides is 1. The van der Waals surface area contributed by atoms with Crippen LogP contribution in [0, 0.1) is 0 Å². The van der Waals surface area contributed by atoms with Crippen molar-refractivity contribution >= 4 is 17.6 Å². The summed E-state index contributed by atoms with van der Waals surface area (Å²) in [7, 11) is 0. The summed E-state index contributed by atoms with van der Waals surface area (Å²) >= 11 is 0. The molecule has 0 spiro atoms. The fraction of sp³-hybridized carbons (Fsp3) is 0.467. The largest absolute Gasteiger partial charge is 0.481 e. The normalized spacial score (nSPS) is 12.0. The molecule has 1 unspecified atom stereocenters. The van der Waals surface area contributed by atoms with Gasteiger partial charge in [-0.25, -0.2) is 0 Å². The van der Waals surface area contributed by atoms with Crippen LogP contribution in [0.1, 0.15) is 27.2 Å². The van der Waals surface area contributed by atoms with Gasteiger partial charge < -0.3 is 15.3 Å². The zero-order valence-corrected chi connectivity index (χ0v) is 12.2. The molecule has 0 aliphatic rings. The van der Waals surface area contributed by atoms with Gasteiger partial charge in [-0.15, -0.1) is 0 Å². The molecule has 5 nitrogen and oxygen atoms in total. The van der Waals surface area contributed by atoms with E-state index in [1.54, 1.807) is 6.92 Å². The highest BCUT2D eigenvalue weighted by Crippen LogP contribution is 2.17. The van der Waals surface area contributed by atoms with Crippen LogP contribution < -0.4 is 10.2 Å². The van der Waals surface area contributed by atoms with Crippen molar-refractivity contribution in [3.8, 4) is 0 Å². The first-order valence-electron chi connectivity index (χ1n) is 6.75. The first kappa shape index (κ1) is 16.0. The third-order valence-electron chi connectivity index (χ3n) is 2.93. The molecular formula is C15H22N2O3. The molecule has 1 aromatic rings. The monoisotopic (exact) mass is 278 g/mol. The Kier molecular flexibility index (Phi) is 6.03. The number of anilines is 1. The molecule has 1 atom stereocenters. The van der Waals surface area contributed by atoms with E-state index in [9.17, 15) is 9.59 Å². The third kappa shape index (κ3) is 4.91. The van der Waals surface area contributed by atoms with Crippen LogP contribution in [0.2, 0.25) is 0 Å². The molecule has 0 aliphatic carbocycles. The molecule has 0 aromatic heterocycles. The van der Waals surface area contributed by atoms with Gasteiger partial charge in [-0.05, 0) is 32.9 Å². The van der Waals surface area contributed by atoms with E-state index in [0.29, 0.717) is 6.54 Å². The second-order valence-corrected chi connectivity index (χ2v) is 5.01. The van der Waals surface area contributed by atoms with Gasteiger partial charge in [0.1, 0.15) is 6.04 Å². The Morgan fingerprint density at radius 3 is 2.30 bits per heavy atom. The first-order chi connectivity index (χ1) is 9.41. The Labute approximate surface area is 119 Å². The molecule has 0 radical (unpaired) electrons. The van der Waals surface area contributed by atoms with Crippen molar-refractivity contribution < 1.29 is 14.7 Å². The van der Waals surface area contributed by atoms with E-state index in [0.717, 1.165) is 5.69 Å². The number of hydrogen-bond acceptors (Lipinski definition) is 3. The maximum absolute atomic E-state index is 12.1. The lowest BCUT2D eigenvalue weighted by atomic mass is 10.2. The Hall–Kier alpha value is -2.04. The molecule has 0 saturated carbocycles. The minimum absolute atomic E-state index is 0.00576. The lowest BCUT2D eigenvalue weighted by Gasteiger charge is -2.30. The molecule has 0 bridgehead atoms. The molecule has 1 amide bonds. The van der Waals surface area contributed by atoms with Gasteiger partial charge in [0.05, 0.1) is 6.42 Å². The molecule has 110 valence electrons. The lowest BCUT2D eigenvalue weighted by molar-refractivity contribution is -0.137. The minimum atomic E-state index is -0.873. The van der Waals surface area contributed by atoms with Crippen LogP contribution in [0.5, 0.6) is 0 Å². The quantitative estimate of drug-likeness (QED) is 0.799. The second-order valence-electron chi connectivity index (χ2n) is 5.01. The number of nitrogens with one attached hydrogen (secondary N) is 1. The van der Waals surface area contributed by atoms with Crippen LogP contribution in [0.15, 0.2) is 30.3 Å². The topological polar surface area (TPSA) is 69.6 Å². The molecule has 0 fully saturated rings. The van der Waals surface area contributed by atoms with Crippen LogP contribution >= 0.6 is 0 Å². The smallest absolute Gasteiger partial charge is 0.305 e. The highest BCUT2D eigenvalue weighted by molar-refractivity contribution is 5.85. The summed E-state index contributed by atoms with van der Waals surface area (Å²) in [5, 5.41) is 11.7. The number of carbonyl (C=O) groups is 2. The molecule has 20 heavy (non-hydrogen) atoms. The van der Waals surface area contributed by atoms with E-state index in [-0.39, 0.29) is 18.4 Å². The molecular weight excluding hydrogens is 256 g/mol. The Balaban J connectivity index is 2.86. The van der Waals surface area contributed by atoms with Crippen LogP contribution in [0.3, 0.4) is 0 Å². The van der Waals surface area contributed by atoms with Gasteiger partial charge in [-0.1, -0.05) is 18.2 Å². The molecule has 5 heteroatoms. The fourth-order valence-corrected chi connectivity index (χ4v) is 1.93. The lowest BCUT2D eigenvalue weighted by Crippen LogP contribution is -2.48. The number of rotatable bonds is 7. The summed E-state index contributed by atoms with van der Waals surface area (Å²) in [5.41, 5.74) is 0.847. The van der Waals surface area contributed by atoms with E-state index in [1.165, 1.54) is 0 Å². The third-order valence-corrected chi connectivity index (χ3v) is 2.93. The summed E-state index contributed by atoms with van der Waals surface area (Å²) in [6.45, 7) is 5.88. The van der Waals surface area contributed by atoms with Gasteiger partial charge in [0.25, 0.3) is 0 Å². The standard InChI is InChI=1S/C15H22N2O3/c1-11(2)16-15(20)12(3)17(10-9-14(18)19)13-7-5-4-6-8-13/h4-8,11-12H,9-10H2,1-3H3,(H,16,20)(H,18,19). The Morgan fingerprint density at radius 2 is 1.80 bits per heavy atom. The number of nitrogens with zero attached hydrogens (tertiary/aromatic N) is 1. The van der Waals surface area contributed by atoms with Crippen molar-refractivity contribution in [1.82, 2.24) is 5.32 Å². The van der Waals surface area contributed by atoms with E-state index in [4.69, 9.17) is 5.11 Å². The fourth-order valence-electron chi connectivity index (χ4n) is 1.93. The molecule has 1 rings (SSSR count). The number of benzene rings is 1. The number of carbonyl (C=O) groups excluding carboxylic acids is 1. The summed E-state index contributed by atoms with van der Waals surface area (Å²) in [6, 6.07) is 9.02. The number of para-hydroxylation sites is 1. The SMILES string of the molecule is CC(C)NC(=O)C(C)N(CCC(=O)O)c1ccccc1. The van der Waals surface area contributed by atoms with Crippen molar-refractivity contribution in [3.63, 3.8) is 0 Å². The minimum Gasteiger partial charge on any atom is -0.481 e. The van der Waals surface area contributed by atoms with Gasteiger partial charge in [0, 0.05) is 18.3 Å². The van der Waals surface area contributed by atoms with Gasteiger partial charge in [0.15, 0.2) is 0 Å². The van der Waals surface area contributed by atoms with Gasteiger partial charge in [-0.3, -0.25) is 9.59 Å². The highest BCUT2D eigenvalue weighted by atomic mass is 16.4. The van der Waals surface area contributed by atoms with Crippen LogP contribution in [0.4, 0.5) is 5.69 Å². The maximum atomic E-state index is 12.1. The summed E-state index contributed by atoms with van der Waals surface area (Å²) in [5.74, 6) is -0.975. The van der Waals surface area contributed by atoms with E-state index >= 15 is 0 Å². The average molecular weight is 278 g/mol. The number of carboxylic acid groups (broad SMARTS) is 1. The van der Waals surface area contributed by atoms with E-state index < -0.39 is 12.0 Å². The van der Waals surface area contributed by atoms with Crippen molar-refractivity contribution in [1.29, 1.82) is 0 Å². The Bertz CT molecular complexity index is 446. The van der Waals surface area contributed by atoms with Crippen LogP contribution in [-0.2, 0) is 9.59 Å². The molecule has 0 saturated heterocycles. The van der Waals surface area contributed by atoms with Gasteiger partial charge in [-0.2, -0.15) is 0 Å². The summed E-state index contributed by atoms with van der Waals surface area (Å²) in [4.78, 5) is 24.7. The second kappa shape index (κ2) is 7.53. The van der Waals surface area contributed by atoms with Gasteiger partial charge >= 0.3 is 5.97 Å². The summed E-state index contributed by atoms with van der Waals surface area (Å²) < 4.78 is 0. The number of aliphatic carboxylic acids is 1. The maximum Gasteiger partial charge on any atom is 0.305 e. The predicted octanol–water partition coefficient (Wildman–Crippen LogP) is 1.88. The molecule has 2 N–H and O–H groups in total. The van der Waals surface area contributed by atoms with E-state index in [2.05, 4.69) is 5.32 Å². The van der Waals surface area contributed by atoms with Crippen molar-refractivity contribution in [3.05, 3.63) is 30.3 Å². The molecule has 1 aromatic carbocycles. The summed E-state index contributed by atoms with van der Waals surface area (Å²) in [6.07, 6.45) is -0.00576. The Morgan fingerprint density at radius 1 is 1.20 bits per heavy atom. The first-order valence-corrected chi connectivity index (χ1v) is 6.75. The zero-order valence-electron chi connectivity index (χ0n) is 12.2. The zero-order chi connectivity index (χ0) is 15.1. The number of hydrogen-bond donors (Lipinski definition) is 2. The highest BCUT2D eigenvalue weighted by Gasteiger charge is 2.22. The van der Waals surface area contributed by atoms with Crippen LogP contribution in [0.25, 0.3) is 0 Å². The van der Waals surface area contributed by atoms with Crippen LogP contribution in [-0.4, -0.2) is 35.6 Å². The molecule has 0 heterocycles. The average Bonchev–Trinajstić information content (AvgIpc) is 2.38. The molecule has 0 aliphatic heterocycles. The van der Waals surface area contributed by atoms with Gasteiger partial charge in [0.2, 0.25) is 5.91 Å².